The van der Waals surface area contributed by atoms with Gasteiger partial charge in [-0.25, -0.2) is 9.18 Å². The van der Waals surface area contributed by atoms with Crippen molar-refractivity contribution in [2.24, 2.45) is 5.92 Å². The van der Waals surface area contributed by atoms with Crippen molar-refractivity contribution in [2.75, 3.05) is 6.61 Å². The molecule has 0 saturated carbocycles. The van der Waals surface area contributed by atoms with Gasteiger partial charge in [-0.1, -0.05) is 5.57 Å². The molecule has 122 valence electrons. The molecule has 4 nitrogen and oxygen atoms in total. The SMILES string of the molecule is CCOC(=O)C1CCC2=C(Cc3c(C(=O)O)cc(Br)c(F)c32)C1. The molecule has 1 unspecified atom stereocenters. The van der Waals surface area contributed by atoms with Crippen LogP contribution in [0, 0.1) is 11.7 Å². The molecule has 1 N–H and O–H groups in total. The molecule has 1 aromatic rings. The Morgan fingerprint density at radius 3 is 2.87 bits per heavy atom. The van der Waals surface area contributed by atoms with Gasteiger partial charge in [0.15, 0.2) is 0 Å². The standard InChI is InChI=1S/C17H16BrFO4/c1-2-23-17(22)8-3-4-10-9(5-8)6-11-12(16(20)21)7-13(18)15(19)14(10)11/h7-8H,2-6H2,1H3,(H,20,21). The van der Waals surface area contributed by atoms with E-state index in [9.17, 15) is 19.1 Å². The normalized spacial score (nSPS) is 19.3. The molecular weight excluding hydrogens is 367 g/mol. The van der Waals surface area contributed by atoms with E-state index in [4.69, 9.17) is 4.74 Å². The van der Waals surface area contributed by atoms with Crippen molar-refractivity contribution >= 4 is 33.4 Å². The Balaban J connectivity index is 1.99. The highest BCUT2D eigenvalue weighted by Gasteiger charge is 2.36. The smallest absolute Gasteiger partial charge is 0.336 e. The van der Waals surface area contributed by atoms with E-state index in [1.54, 1.807) is 6.92 Å². The topological polar surface area (TPSA) is 63.6 Å². The Bertz CT molecular complexity index is 739. The molecule has 0 heterocycles. The second kappa shape index (κ2) is 6.07. The Hall–Kier alpha value is -1.69. The Morgan fingerprint density at radius 1 is 1.48 bits per heavy atom. The predicted molar refractivity (Wildman–Crippen MR) is 85.7 cm³/mol. The molecule has 0 fully saturated rings. The van der Waals surface area contributed by atoms with Crippen LogP contribution in [0.1, 0.15) is 47.7 Å². The van der Waals surface area contributed by atoms with Crippen LogP contribution in [0.2, 0.25) is 0 Å². The summed E-state index contributed by atoms with van der Waals surface area (Å²) in [5.41, 5.74) is 2.88. The van der Waals surface area contributed by atoms with Crippen LogP contribution < -0.4 is 0 Å². The second-order valence-corrected chi connectivity index (χ2v) is 6.68. The molecule has 2 aliphatic rings. The lowest BCUT2D eigenvalue weighted by Crippen LogP contribution is -2.21. The van der Waals surface area contributed by atoms with Crippen LogP contribution in [-0.4, -0.2) is 23.7 Å². The van der Waals surface area contributed by atoms with Crippen molar-refractivity contribution in [2.45, 2.75) is 32.6 Å². The van der Waals surface area contributed by atoms with Crippen molar-refractivity contribution in [1.29, 1.82) is 0 Å². The summed E-state index contributed by atoms with van der Waals surface area (Å²) < 4.78 is 19.8. The first-order valence-corrected chi connectivity index (χ1v) is 8.35. The number of ether oxygens (including phenoxy) is 1. The number of carboxylic acid groups (broad SMARTS) is 1. The minimum Gasteiger partial charge on any atom is -0.478 e. The molecule has 0 aliphatic heterocycles. The molecule has 0 amide bonds. The van der Waals surface area contributed by atoms with Crippen molar-refractivity contribution in [3.63, 3.8) is 0 Å². The summed E-state index contributed by atoms with van der Waals surface area (Å²) in [7, 11) is 0. The maximum Gasteiger partial charge on any atom is 0.336 e. The first-order valence-electron chi connectivity index (χ1n) is 7.56. The van der Waals surface area contributed by atoms with Crippen molar-refractivity contribution in [3.05, 3.63) is 38.6 Å². The largest absolute Gasteiger partial charge is 0.478 e. The van der Waals surface area contributed by atoms with Gasteiger partial charge in [0.05, 0.1) is 22.6 Å². The molecule has 2 aliphatic carbocycles. The number of allylic oxidation sites excluding steroid dienone is 2. The monoisotopic (exact) mass is 382 g/mol. The van der Waals surface area contributed by atoms with E-state index in [-0.39, 0.29) is 21.9 Å². The molecular formula is C17H16BrFO4. The van der Waals surface area contributed by atoms with E-state index in [0.29, 0.717) is 43.4 Å². The van der Waals surface area contributed by atoms with Crippen molar-refractivity contribution in [3.8, 4) is 0 Å². The van der Waals surface area contributed by atoms with E-state index in [1.807, 2.05) is 0 Å². The zero-order valence-electron chi connectivity index (χ0n) is 12.6. The van der Waals surface area contributed by atoms with E-state index in [1.165, 1.54) is 6.07 Å². The number of aromatic carboxylic acids is 1. The Kier molecular flexibility index (Phi) is 4.27. The summed E-state index contributed by atoms with van der Waals surface area (Å²) in [6.07, 6.45) is 2.08. The van der Waals surface area contributed by atoms with Gasteiger partial charge >= 0.3 is 11.9 Å². The number of fused-ring (bicyclic) bond motifs is 2. The van der Waals surface area contributed by atoms with Crippen LogP contribution in [0.4, 0.5) is 4.39 Å². The molecule has 0 spiro atoms. The van der Waals surface area contributed by atoms with Crippen LogP contribution in [0.5, 0.6) is 0 Å². The van der Waals surface area contributed by atoms with Gasteiger partial charge in [-0.05, 0) is 65.7 Å². The lowest BCUT2D eigenvalue weighted by Gasteiger charge is -2.22. The quantitative estimate of drug-likeness (QED) is 0.803. The fourth-order valence-electron chi connectivity index (χ4n) is 3.53. The summed E-state index contributed by atoms with van der Waals surface area (Å²) in [6, 6.07) is 1.32. The molecule has 0 aromatic heterocycles. The Morgan fingerprint density at radius 2 is 2.22 bits per heavy atom. The average Bonchev–Trinajstić information content (AvgIpc) is 2.89. The highest BCUT2D eigenvalue weighted by atomic mass is 79.9. The second-order valence-electron chi connectivity index (χ2n) is 5.83. The van der Waals surface area contributed by atoms with Gasteiger partial charge in [0, 0.05) is 5.56 Å². The number of hydrogen-bond acceptors (Lipinski definition) is 3. The Labute approximate surface area is 141 Å². The van der Waals surface area contributed by atoms with Gasteiger partial charge in [0.1, 0.15) is 5.82 Å². The zero-order chi connectivity index (χ0) is 16.7. The predicted octanol–water partition coefficient (Wildman–Crippen LogP) is 3.96. The molecule has 0 radical (unpaired) electrons. The molecule has 3 rings (SSSR count). The fourth-order valence-corrected chi connectivity index (χ4v) is 3.95. The summed E-state index contributed by atoms with van der Waals surface area (Å²) in [6.45, 7) is 2.11. The first-order chi connectivity index (χ1) is 10.9. The molecule has 23 heavy (non-hydrogen) atoms. The van der Waals surface area contributed by atoms with Gasteiger partial charge in [0.25, 0.3) is 0 Å². The molecule has 6 heteroatoms. The van der Waals surface area contributed by atoms with Gasteiger partial charge in [-0.2, -0.15) is 0 Å². The third kappa shape index (κ3) is 2.69. The maximum absolute atomic E-state index is 14.5. The summed E-state index contributed by atoms with van der Waals surface area (Å²) >= 11 is 3.11. The molecule has 0 saturated heterocycles. The van der Waals surface area contributed by atoms with Crippen LogP contribution in [0.15, 0.2) is 16.1 Å². The van der Waals surface area contributed by atoms with Crippen LogP contribution in [0.3, 0.4) is 0 Å². The van der Waals surface area contributed by atoms with Gasteiger partial charge in [-0.15, -0.1) is 0 Å². The van der Waals surface area contributed by atoms with Gasteiger partial charge < -0.3 is 9.84 Å². The zero-order valence-corrected chi connectivity index (χ0v) is 14.2. The molecule has 1 atom stereocenters. The number of benzene rings is 1. The van der Waals surface area contributed by atoms with Crippen LogP contribution >= 0.6 is 15.9 Å². The number of carbonyl (C=O) groups is 2. The summed E-state index contributed by atoms with van der Waals surface area (Å²) in [5.74, 6) is -1.92. The number of hydrogen-bond donors (Lipinski definition) is 1. The van der Waals surface area contributed by atoms with Gasteiger partial charge in [0.2, 0.25) is 0 Å². The summed E-state index contributed by atoms with van der Waals surface area (Å²) in [4.78, 5) is 23.4. The number of rotatable bonds is 3. The molecule has 0 bridgehead atoms. The molecule has 1 aromatic carbocycles. The van der Waals surface area contributed by atoms with E-state index >= 15 is 0 Å². The average molecular weight is 383 g/mol. The number of halogens is 2. The highest BCUT2D eigenvalue weighted by Crippen LogP contribution is 2.47. The number of carboxylic acids is 1. The van der Waals surface area contributed by atoms with Gasteiger partial charge in [-0.3, -0.25) is 4.79 Å². The first kappa shape index (κ1) is 16.2. The van der Waals surface area contributed by atoms with E-state index in [2.05, 4.69) is 15.9 Å². The lowest BCUT2D eigenvalue weighted by atomic mass is 9.84. The van der Waals surface area contributed by atoms with Crippen LogP contribution in [0.25, 0.3) is 5.57 Å². The fraction of sp³-hybridized carbons (Fsp3) is 0.412. The summed E-state index contributed by atoms with van der Waals surface area (Å²) in [5, 5.41) is 9.37. The highest BCUT2D eigenvalue weighted by molar-refractivity contribution is 9.10. The van der Waals surface area contributed by atoms with Crippen molar-refractivity contribution in [1.82, 2.24) is 0 Å². The van der Waals surface area contributed by atoms with E-state index < -0.39 is 11.8 Å². The van der Waals surface area contributed by atoms with Crippen LogP contribution in [-0.2, 0) is 16.0 Å². The number of esters is 1. The minimum absolute atomic E-state index is 0.121. The van der Waals surface area contributed by atoms with Crippen molar-refractivity contribution < 1.29 is 23.8 Å². The van der Waals surface area contributed by atoms with E-state index in [0.717, 1.165) is 11.1 Å². The number of carbonyl (C=O) groups excluding carboxylic acids is 1. The third-order valence-electron chi connectivity index (χ3n) is 4.53. The minimum atomic E-state index is -1.07. The third-order valence-corrected chi connectivity index (χ3v) is 5.11. The lowest BCUT2D eigenvalue weighted by molar-refractivity contribution is -0.148. The maximum atomic E-state index is 14.5.